The Kier molecular flexibility index (Phi) is 4.84. The second kappa shape index (κ2) is 7.21. The Morgan fingerprint density at radius 1 is 1.33 bits per heavy atom. The van der Waals surface area contributed by atoms with Crippen molar-refractivity contribution in [3.05, 3.63) is 54.0 Å². The molecule has 0 unspecified atom stereocenters. The van der Waals surface area contributed by atoms with E-state index < -0.39 is 0 Å². The molecule has 24 heavy (non-hydrogen) atoms. The van der Waals surface area contributed by atoms with Crippen LogP contribution in [-0.2, 0) is 11.2 Å². The number of furan rings is 1. The van der Waals surface area contributed by atoms with E-state index in [4.69, 9.17) is 9.15 Å². The van der Waals surface area contributed by atoms with Gasteiger partial charge in [0.05, 0.1) is 25.0 Å². The van der Waals surface area contributed by atoms with Crippen LogP contribution in [0.25, 0.3) is 0 Å². The number of nitrogens with one attached hydrogen (secondary N) is 1. The highest BCUT2D eigenvalue weighted by molar-refractivity contribution is 5.94. The minimum Gasteiger partial charge on any atom is -0.497 e. The molecule has 0 spiro atoms. The molecule has 1 N–H and O–H groups in total. The minimum atomic E-state index is -0.210. The fourth-order valence-corrected chi connectivity index (χ4v) is 2.80. The fraction of sp³-hybridized carbons (Fsp3) is 0.333. The zero-order chi connectivity index (χ0) is 16.9. The molecule has 0 radical (unpaired) electrons. The Balaban J connectivity index is 1.50. The highest BCUT2D eigenvalue weighted by Gasteiger charge is 2.30. The van der Waals surface area contributed by atoms with E-state index in [-0.39, 0.29) is 17.9 Å². The maximum Gasteiger partial charge on any atom is 0.254 e. The molecule has 0 aliphatic carbocycles. The molecule has 0 saturated carbocycles. The molecule has 2 heterocycles. The number of methoxy groups -OCH3 is 1. The standard InChI is InChI=1S/C18H20N2O4/c1-23-16-4-2-13(3-5-16)6-8-20-11-15(10-17(20)21)19-18(22)14-7-9-24-12-14/h2-5,7,9,12,15H,6,8,10-11H2,1H3,(H,19,22)/t15-/m0/s1. The molecule has 1 fully saturated rings. The van der Waals surface area contributed by atoms with Crippen LogP contribution in [0.2, 0.25) is 0 Å². The summed E-state index contributed by atoms with van der Waals surface area (Å²) in [5.74, 6) is 0.678. The number of amides is 2. The number of carbonyl (C=O) groups is 2. The maximum atomic E-state index is 12.1. The van der Waals surface area contributed by atoms with Gasteiger partial charge in [-0.2, -0.15) is 0 Å². The summed E-state index contributed by atoms with van der Waals surface area (Å²) in [6.07, 6.45) is 3.97. The number of nitrogens with zero attached hydrogens (tertiary/aromatic N) is 1. The highest BCUT2D eigenvalue weighted by Crippen LogP contribution is 2.15. The van der Waals surface area contributed by atoms with Crippen molar-refractivity contribution in [3.8, 4) is 5.75 Å². The molecule has 6 heteroatoms. The average Bonchev–Trinajstić information content (AvgIpc) is 3.23. The zero-order valence-electron chi connectivity index (χ0n) is 13.5. The molecule has 1 aliphatic heterocycles. The minimum absolute atomic E-state index is 0.0704. The van der Waals surface area contributed by atoms with Crippen molar-refractivity contribution in [1.82, 2.24) is 10.2 Å². The van der Waals surface area contributed by atoms with E-state index >= 15 is 0 Å². The summed E-state index contributed by atoms with van der Waals surface area (Å²) >= 11 is 0. The van der Waals surface area contributed by atoms with Crippen LogP contribution < -0.4 is 10.1 Å². The Morgan fingerprint density at radius 3 is 2.79 bits per heavy atom. The first kappa shape index (κ1) is 16.1. The SMILES string of the molecule is COc1ccc(CCN2C[C@@H](NC(=O)c3ccoc3)CC2=O)cc1. The third kappa shape index (κ3) is 3.76. The van der Waals surface area contributed by atoms with Crippen molar-refractivity contribution in [1.29, 1.82) is 0 Å². The van der Waals surface area contributed by atoms with Crippen LogP contribution in [0.3, 0.4) is 0 Å². The van der Waals surface area contributed by atoms with Crippen LogP contribution in [0.5, 0.6) is 5.75 Å². The number of likely N-dealkylation sites (tertiary alicyclic amines) is 1. The average molecular weight is 328 g/mol. The molecule has 1 saturated heterocycles. The zero-order valence-corrected chi connectivity index (χ0v) is 13.5. The molecule has 3 rings (SSSR count). The second-order valence-corrected chi connectivity index (χ2v) is 5.82. The van der Waals surface area contributed by atoms with Gasteiger partial charge in [-0.1, -0.05) is 12.1 Å². The quantitative estimate of drug-likeness (QED) is 0.878. The van der Waals surface area contributed by atoms with E-state index in [9.17, 15) is 9.59 Å². The normalized spacial score (nSPS) is 17.1. The van der Waals surface area contributed by atoms with Crippen LogP contribution in [0, 0.1) is 0 Å². The smallest absolute Gasteiger partial charge is 0.254 e. The number of benzene rings is 1. The van der Waals surface area contributed by atoms with Gasteiger partial charge in [0.1, 0.15) is 12.0 Å². The molecule has 1 aromatic carbocycles. The lowest BCUT2D eigenvalue weighted by Gasteiger charge is -2.17. The molecule has 1 aromatic heterocycles. The van der Waals surface area contributed by atoms with Gasteiger partial charge in [0, 0.05) is 19.5 Å². The van der Waals surface area contributed by atoms with Gasteiger partial charge in [0.25, 0.3) is 5.91 Å². The lowest BCUT2D eigenvalue weighted by Crippen LogP contribution is -2.37. The predicted octanol–water partition coefficient (Wildman–Crippen LogP) is 1.86. The third-order valence-electron chi connectivity index (χ3n) is 4.16. The molecular weight excluding hydrogens is 308 g/mol. The van der Waals surface area contributed by atoms with Gasteiger partial charge in [-0.05, 0) is 30.2 Å². The number of hydrogen-bond acceptors (Lipinski definition) is 4. The van der Waals surface area contributed by atoms with Crippen LogP contribution in [0.15, 0.2) is 47.3 Å². The van der Waals surface area contributed by atoms with Crippen LogP contribution >= 0.6 is 0 Å². The van der Waals surface area contributed by atoms with Gasteiger partial charge in [-0.25, -0.2) is 0 Å². The third-order valence-corrected chi connectivity index (χ3v) is 4.16. The molecule has 2 aromatic rings. The summed E-state index contributed by atoms with van der Waals surface area (Å²) in [5, 5.41) is 2.88. The van der Waals surface area contributed by atoms with Gasteiger partial charge < -0.3 is 19.4 Å². The molecule has 6 nitrogen and oxygen atoms in total. The van der Waals surface area contributed by atoms with Gasteiger partial charge >= 0.3 is 0 Å². The summed E-state index contributed by atoms with van der Waals surface area (Å²) in [6.45, 7) is 1.18. The Bertz CT molecular complexity index is 694. The van der Waals surface area contributed by atoms with Crippen LogP contribution in [0.1, 0.15) is 22.3 Å². The van der Waals surface area contributed by atoms with Crippen LogP contribution in [0.4, 0.5) is 0 Å². The summed E-state index contributed by atoms with van der Waals surface area (Å²) in [5.41, 5.74) is 1.62. The summed E-state index contributed by atoms with van der Waals surface area (Å²) in [6, 6.07) is 9.27. The van der Waals surface area contributed by atoms with E-state index in [1.165, 1.54) is 12.5 Å². The summed E-state index contributed by atoms with van der Waals surface area (Å²) in [7, 11) is 1.63. The van der Waals surface area contributed by atoms with Crippen molar-refractivity contribution in [2.75, 3.05) is 20.2 Å². The van der Waals surface area contributed by atoms with Crippen molar-refractivity contribution in [2.45, 2.75) is 18.9 Å². The van der Waals surface area contributed by atoms with Gasteiger partial charge in [0.15, 0.2) is 0 Å². The first-order valence-corrected chi connectivity index (χ1v) is 7.89. The van der Waals surface area contributed by atoms with Crippen molar-refractivity contribution in [3.63, 3.8) is 0 Å². The number of hydrogen-bond donors (Lipinski definition) is 1. The predicted molar refractivity (Wildman–Crippen MR) is 87.9 cm³/mol. The number of rotatable bonds is 6. The molecule has 0 bridgehead atoms. The first-order chi connectivity index (χ1) is 11.7. The van der Waals surface area contributed by atoms with E-state index in [1.807, 2.05) is 24.3 Å². The Morgan fingerprint density at radius 2 is 2.12 bits per heavy atom. The van der Waals surface area contributed by atoms with E-state index in [0.717, 1.165) is 17.7 Å². The second-order valence-electron chi connectivity index (χ2n) is 5.82. The topological polar surface area (TPSA) is 71.8 Å². The van der Waals surface area contributed by atoms with Gasteiger partial charge in [-0.15, -0.1) is 0 Å². The van der Waals surface area contributed by atoms with E-state index in [0.29, 0.717) is 25.1 Å². The summed E-state index contributed by atoms with van der Waals surface area (Å²) in [4.78, 5) is 25.9. The lowest BCUT2D eigenvalue weighted by atomic mass is 10.1. The largest absolute Gasteiger partial charge is 0.497 e. The van der Waals surface area contributed by atoms with Gasteiger partial charge in [-0.3, -0.25) is 9.59 Å². The van der Waals surface area contributed by atoms with Gasteiger partial charge in [0.2, 0.25) is 5.91 Å². The lowest BCUT2D eigenvalue weighted by molar-refractivity contribution is -0.127. The molecule has 1 aliphatic rings. The molecular formula is C18H20N2O4. The number of carbonyl (C=O) groups excluding carboxylic acids is 2. The summed E-state index contributed by atoms with van der Waals surface area (Å²) < 4.78 is 10.0. The highest BCUT2D eigenvalue weighted by atomic mass is 16.5. The number of ether oxygens (including phenoxy) is 1. The van der Waals surface area contributed by atoms with Crippen molar-refractivity contribution >= 4 is 11.8 Å². The van der Waals surface area contributed by atoms with Crippen molar-refractivity contribution in [2.24, 2.45) is 0 Å². The molecule has 2 amide bonds. The van der Waals surface area contributed by atoms with Crippen LogP contribution in [-0.4, -0.2) is 43.0 Å². The maximum absolute atomic E-state index is 12.1. The van der Waals surface area contributed by atoms with E-state index in [1.54, 1.807) is 18.1 Å². The fourth-order valence-electron chi connectivity index (χ4n) is 2.80. The monoisotopic (exact) mass is 328 g/mol. The molecule has 126 valence electrons. The van der Waals surface area contributed by atoms with E-state index in [2.05, 4.69) is 5.32 Å². The Hall–Kier alpha value is -2.76. The Labute approximate surface area is 140 Å². The molecule has 1 atom stereocenters. The van der Waals surface area contributed by atoms with Crippen molar-refractivity contribution < 1.29 is 18.7 Å². The first-order valence-electron chi connectivity index (χ1n) is 7.89.